The fraction of sp³-hybridized carbons (Fsp3) is 0.278. The Balaban J connectivity index is 2.87. The molecule has 0 radical (unpaired) electrons. The van der Waals surface area contributed by atoms with Gasteiger partial charge in [-0.3, -0.25) is 4.79 Å². The maximum absolute atomic E-state index is 14.1. The van der Waals surface area contributed by atoms with Crippen LogP contribution in [0.15, 0.2) is 36.4 Å². The molecular weight excluding hydrogens is 416 g/mol. The predicted molar refractivity (Wildman–Crippen MR) is 83.6 cm³/mol. The van der Waals surface area contributed by atoms with Gasteiger partial charge in [-0.25, -0.2) is 8.78 Å². The van der Waals surface area contributed by atoms with E-state index in [1.54, 1.807) is 0 Å². The van der Waals surface area contributed by atoms with Crippen molar-refractivity contribution in [3.63, 3.8) is 0 Å². The molecule has 0 atom stereocenters. The van der Waals surface area contributed by atoms with E-state index in [1.165, 1.54) is 0 Å². The van der Waals surface area contributed by atoms with Crippen molar-refractivity contribution in [2.24, 2.45) is 0 Å². The van der Waals surface area contributed by atoms with Crippen LogP contribution in [0.1, 0.15) is 18.1 Å². The summed E-state index contributed by atoms with van der Waals surface area (Å²) in [5.41, 5.74) is -7.87. The molecule has 0 saturated carbocycles. The maximum Gasteiger partial charge on any atom is 0.411 e. The van der Waals surface area contributed by atoms with E-state index in [9.17, 15) is 39.9 Å². The Hall–Kier alpha value is -2.85. The second-order valence-electron chi connectivity index (χ2n) is 5.83. The fourth-order valence-electron chi connectivity index (χ4n) is 2.85. The minimum atomic E-state index is -6.04. The van der Waals surface area contributed by atoms with Gasteiger partial charge < -0.3 is 9.47 Å². The van der Waals surface area contributed by atoms with Crippen molar-refractivity contribution in [1.29, 1.82) is 0 Å². The molecule has 0 saturated heterocycles. The average molecular weight is 428 g/mol. The fourth-order valence-corrected chi connectivity index (χ4v) is 2.85. The minimum absolute atomic E-state index is 0.0255. The molecule has 0 N–H and O–H groups in total. The van der Waals surface area contributed by atoms with E-state index in [0.717, 1.165) is 14.0 Å². The molecule has 0 amide bonds. The van der Waals surface area contributed by atoms with Crippen molar-refractivity contribution in [3.05, 3.63) is 59.2 Å². The van der Waals surface area contributed by atoms with Crippen LogP contribution in [0.5, 0.6) is 11.5 Å². The molecule has 3 nitrogen and oxygen atoms in total. The monoisotopic (exact) mass is 428 g/mol. The number of carbonyl (C=O) groups excluding carboxylic acids is 1. The van der Waals surface area contributed by atoms with Crippen LogP contribution in [0.25, 0.3) is 0 Å². The number of alkyl halides is 6. The first-order chi connectivity index (χ1) is 13.3. The molecule has 0 fully saturated rings. The Kier molecular flexibility index (Phi) is 5.82. The second kappa shape index (κ2) is 7.53. The first-order valence-electron chi connectivity index (χ1n) is 7.71. The topological polar surface area (TPSA) is 35.5 Å². The van der Waals surface area contributed by atoms with Gasteiger partial charge in [0, 0.05) is 6.92 Å². The number of benzene rings is 2. The van der Waals surface area contributed by atoms with Gasteiger partial charge in [0.05, 0.1) is 7.11 Å². The lowest BCUT2D eigenvalue weighted by Gasteiger charge is -2.38. The largest absolute Gasteiger partial charge is 0.494 e. The molecule has 0 heterocycles. The van der Waals surface area contributed by atoms with E-state index in [1.807, 2.05) is 0 Å². The number of hydrogen-bond acceptors (Lipinski definition) is 3. The lowest BCUT2D eigenvalue weighted by Crippen LogP contribution is -2.54. The van der Waals surface area contributed by atoms with E-state index in [2.05, 4.69) is 9.47 Å². The van der Waals surface area contributed by atoms with Gasteiger partial charge in [-0.05, 0) is 35.4 Å². The van der Waals surface area contributed by atoms with E-state index >= 15 is 0 Å². The van der Waals surface area contributed by atoms with Crippen LogP contribution in [-0.2, 0) is 10.2 Å². The highest BCUT2D eigenvalue weighted by Gasteiger charge is 2.72. The molecule has 0 spiro atoms. The van der Waals surface area contributed by atoms with Crippen molar-refractivity contribution < 1.29 is 49.4 Å². The summed E-state index contributed by atoms with van der Waals surface area (Å²) in [4.78, 5) is 10.9. The summed E-state index contributed by atoms with van der Waals surface area (Å²) in [6.45, 7) is 0.864. The molecule has 2 rings (SSSR count). The van der Waals surface area contributed by atoms with Crippen molar-refractivity contribution in [2.75, 3.05) is 7.11 Å². The molecule has 0 aliphatic rings. The Morgan fingerprint density at radius 1 is 0.793 bits per heavy atom. The summed E-state index contributed by atoms with van der Waals surface area (Å²) in [5.74, 6) is -5.58. The third-order valence-corrected chi connectivity index (χ3v) is 4.05. The van der Waals surface area contributed by atoms with Crippen LogP contribution in [0.4, 0.5) is 35.1 Å². The Morgan fingerprint density at radius 2 is 1.21 bits per heavy atom. The third kappa shape index (κ3) is 3.85. The summed E-state index contributed by atoms with van der Waals surface area (Å²) in [6.07, 6.45) is -12.1. The van der Waals surface area contributed by atoms with Crippen molar-refractivity contribution in [2.45, 2.75) is 24.7 Å². The van der Waals surface area contributed by atoms with Gasteiger partial charge in [0.25, 0.3) is 0 Å². The van der Waals surface area contributed by atoms with Crippen molar-refractivity contribution >= 4 is 5.97 Å². The predicted octanol–water partition coefficient (Wildman–Crippen LogP) is 5.31. The summed E-state index contributed by atoms with van der Waals surface area (Å²) < 4.78 is 121. The van der Waals surface area contributed by atoms with Gasteiger partial charge in [-0.15, -0.1) is 0 Å². The summed E-state index contributed by atoms with van der Waals surface area (Å²) in [6, 6.07) is 1.73. The first kappa shape index (κ1) is 22.4. The molecule has 2 aromatic rings. The van der Waals surface area contributed by atoms with Crippen molar-refractivity contribution in [3.8, 4) is 11.5 Å². The van der Waals surface area contributed by atoms with Crippen LogP contribution in [0.2, 0.25) is 0 Å². The maximum atomic E-state index is 14.1. The molecule has 0 aliphatic carbocycles. The molecule has 0 unspecified atom stereocenters. The molecule has 2 aromatic carbocycles. The standard InChI is InChI=1S/C18H12F8O3/c1-9(27)29-15-6-4-11(8-13(15)20)16(17(21,22)23,18(24,25)26)10-3-5-14(28-2)12(19)7-10/h3-8H,1-2H3. The zero-order valence-electron chi connectivity index (χ0n) is 14.7. The lowest BCUT2D eigenvalue weighted by atomic mass is 9.72. The highest BCUT2D eigenvalue weighted by Crippen LogP contribution is 2.56. The normalized spacial score (nSPS) is 12.6. The number of halogens is 8. The molecule has 11 heteroatoms. The van der Waals surface area contributed by atoms with E-state index in [-0.39, 0.29) is 12.1 Å². The Labute approximate surface area is 158 Å². The Bertz CT molecular complexity index is 904. The van der Waals surface area contributed by atoms with E-state index in [0.29, 0.717) is 24.3 Å². The SMILES string of the molecule is COc1ccc(C(c2ccc(OC(C)=O)c(F)c2)(C(F)(F)F)C(F)(F)F)cc1F. The minimum Gasteiger partial charge on any atom is -0.494 e. The van der Waals surface area contributed by atoms with Gasteiger partial charge in [0.15, 0.2) is 23.1 Å². The Morgan fingerprint density at radius 3 is 1.52 bits per heavy atom. The summed E-state index contributed by atoms with van der Waals surface area (Å²) in [5, 5.41) is 0. The third-order valence-electron chi connectivity index (χ3n) is 4.05. The molecule has 158 valence electrons. The highest BCUT2D eigenvalue weighted by atomic mass is 19.4. The zero-order valence-corrected chi connectivity index (χ0v) is 14.7. The average Bonchev–Trinajstić information content (AvgIpc) is 2.55. The van der Waals surface area contributed by atoms with Gasteiger partial charge in [0.1, 0.15) is 0 Å². The molecule has 29 heavy (non-hydrogen) atoms. The number of methoxy groups -OCH3 is 1. The van der Waals surface area contributed by atoms with Gasteiger partial charge >= 0.3 is 18.3 Å². The van der Waals surface area contributed by atoms with Crippen LogP contribution < -0.4 is 9.47 Å². The first-order valence-corrected chi connectivity index (χ1v) is 7.71. The highest BCUT2D eigenvalue weighted by molar-refractivity contribution is 5.69. The van der Waals surface area contributed by atoms with E-state index < -0.39 is 58.0 Å². The van der Waals surface area contributed by atoms with Gasteiger partial charge in [-0.1, -0.05) is 12.1 Å². The molecule has 0 aliphatic heterocycles. The smallest absolute Gasteiger partial charge is 0.411 e. The van der Waals surface area contributed by atoms with Crippen LogP contribution in [0.3, 0.4) is 0 Å². The number of rotatable bonds is 4. The zero-order chi connectivity index (χ0) is 22.2. The molecular formula is C18H12F8O3. The summed E-state index contributed by atoms with van der Waals surface area (Å²) in [7, 11) is 0.974. The lowest BCUT2D eigenvalue weighted by molar-refractivity contribution is -0.288. The van der Waals surface area contributed by atoms with Crippen molar-refractivity contribution in [1.82, 2.24) is 0 Å². The van der Waals surface area contributed by atoms with Crippen LogP contribution in [-0.4, -0.2) is 25.4 Å². The van der Waals surface area contributed by atoms with Gasteiger partial charge in [-0.2, -0.15) is 26.3 Å². The quantitative estimate of drug-likeness (QED) is 0.376. The van der Waals surface area contributed by atoms with Crippen LogP contribution >= 0.6 is 0 Å². The molecule has 0 bridgehead atoms. The summed E-state index contributed by atoms with van der Waals surface area (Å²) >= 11 is 0. The number of carbonyl (C=O) groups is 1. The molecule has 0 aromatic heterocycles. The number of hydrogen-bond donors (Lipinski definition) is 0. The van der Waals surface area contributed by atoms with Crippen LogP contribution in [0, 0.1) is 11.6 Å². The van der Waals surface area contributed by atoms with E-state index in [4.69, 9.17) is 0 Å². The number of esters is 1. The van der Waals surface area contributed by atoms with Gasteiger partial charge in [0.2, 0.25) is 5.41 Å². The number of ether oxygens (including phenoxy) is 2. The second-order valence-corrected chi connectivity index (χ2v) is 5.83.